The van der Waals surface area contributed by atoms with E-state index in [1.54, 1.807) is 27.7 Å². The Hall–Kier alpha value is -0.910. The lowest BCUT2D eigenvalue weighted by atomic mass is 10.4. The van der Waals surface area contributed by atoms with Gasteiger partial charge in [0.25, 0.3) is 7.52 Å². The van der Waals surface area contributed by atoms with Crippen molar-refractivity contribution >= 4 is 19.5 Å². The first-order chi connectivity index (χ1) is 9.03. The third-order valence-corrected chi connectivity index (χ3v) is 3.41. The molecular formula is C12H24NO6P. The van der Waals surface area contributed by atoms with Gasteiger partial charge in [-0.05, 0) is 34.6 Å². The van der Waals surface area contributed by atoms with Crippen molar-refractivity contribution in [2.45, 2.75) is 52.9 Å². The first-order valence-corrected chi connectivity index (χ1v) is 8.50. The fraction of sp³-hybridized carbons (Fsp3) is 0.833. The highest BCUT2D eigenvalue weighted by molar-refractivity contribution is 7.56. The van der Waals surface area contributed by atoms with E-state index >= 15 is 0 Å². The number of nitrogens with one attached hydrogen (secondary N) is 1. The van der Waals surface area contributed by atoms with E-state index in [4.69, 9.17) is 14.0 Å². The molecule has 0 rings (SSSR count). The van der Waals surface area contributed by atoms with E-state index in [-0.39, 0.29) is 12.2 Å². The summed E-state index contributed by atoms with van der Waals surface area (Å²) in [5, 5.41) is 2.52. The van der Waals surface area contributed by atoms with Crippen LogP contribution in [0.3, 0.4) is 0 Å². The SMILES string of the molecule is CC(C)OC(=O)CO[P@@](C)(=O)N[C@@H](C)C(=O)OC(C)C. The molecule has 118 valence electrons. The molecule has 0 radical (unpaired) electrons. The van der Waals surface area contributed by atoms with Crippen molar-refractivity contribution in [3.63, 3.8) is 0 Å². The minimum absolute atomic E-state index is 0.259. The zero-order valence-corrected chi connectivity index (χ0v) is 13.7. The van der Waals surface area contributed by atoms with Crippen molar-refractivity contribution in [3.05, 3.63) is 0 Å². The van der Waals surface area contributed by atoms with Gasteiger partial charge in [0.1, 0.15) is 6.04 Å². The highest BCUT2D eigenvalue weighted by atomic mass is 31.2. The maximum Gasteiger partial charge on any atom is 0.332 e. The van der Waals surface area contributed by atoms with Crippen LogP contribution in [-0.2, 0) is 28.2 Å². The molecule has 20 heavy (non-hydrogen) atoms. The molecule has 0 spiro atoms. The fourth-order valence-electron chi connectivity index (χ4n) is 1.25. The average molecular weight is 309 g/mol. The molecule has 8 heteroatoms. The van der Waals surface area contributed by atoms with Gasteiger partial charge in [0.05, 0.1) is 12.2 Å². The summed E-state index contributed by atoms with van der Waals surface area (Å²) in [6.07, 6.45) is -0.528. The van der Waals surface area contributed by atoms with Gasteiger partial charge in [-0.1, -0.05) is 0 Å². The molecule has 0 fully saturated rings. The van der Waals surface area contributed by atoms with Crippen LogP contribution in [0.15, 0.2) is 0 Å². The third-order valence-electron chi connectivity index (χ3n) is 1.93. The lowest BCUT2D eigenvalue weighted by Gasteiger charge is -2.20. The molecule has 0 bridgehead atoms. The molecule has 7 nitrogen and oxygen atoms in total. The third kappa shape index (κ3) is 9.07. The van der Waals surface area contributed by atoms with Crippen molar-refractivity contribution in [3.8, 4) is 0 Å². The van der Waals surface area contributed by atoms with Crippen molar-refractivity contribution in [2.24, 2.45) is 0 Å². The van der Waals surface area contributed by atoms with E-state index in [0.29, 0.717) is 0 Å². The van der Waals surface area contributed by atoms with Gasteiger partial charge >= 0.3 is 11.9 Å². The van der Waals surface area contributed by atoms with Gasteiger partial charge in [-0.15, -0.1) is 0 Å². The summed E-state index contributed by atoms with van der Waals surface area (Å²) in [5.41, 5.74) is 0. The number of hydrogen-bond donors (Lipinski definition) is 1. The molecule has 0 aromatic carbocycles. The molecule has 0 aliphatic heterocycles. The Morgan fingerprint density at radius 3 is 2.00 bits per heavy atom. The zero-order valence-electron chi connectivity index (χ0n) is 12.8. The highest BCUT2D eigenvalue weighted by Gasteiger charge is 2.26. The second-order valence-corrected chi connectivity index (χ2v) is 7.20. The molecule has 0 aromatic rings. The smallest absolute Gasteiger partial charge is 0.332 e. The van der Waals surface area contributed by atoms with Crippen LogP contribution in [-0.4, -0.2) is 43.5 Å². The lowest BCUT2D eigenvalue weighted by molar-refractivity contribution is -0.149. The normalized spacial score (nSPS) is 15.8. The number of esters is 2. The standard InChI is InChI=1S/C12H24NO6P/c1-8(2)18-11(14)7-17-20(6,16)13-10(5)12(15)19-9(3)4/h8-10H,7H2,1-6H3,(H,13,16)/t10-,20+/m0/s1. The summed E-state index contributed by atoms with van der Waals surface area (Å²) in [5.74, 6) is -1.14. The maximum absolute atomic E-state index is 12.1. The highest BCUT2D eigenvalue weighted by Crippen LogP contribution is 2.38. The topological polar surface area (TPSA) is 90.9 Å². The van der Waals surface area contributed by atoms with Gasteiger partial charge in [0.15, 0.2) is 6.61 Å². The summed E-state index contributed by atoms with van der Waals surface area (Å²) in [6.45, 7) is 9.19. The van der Waals surface area contributed by atoms with Gasteiger partial charge in [0.2, 0.25) is 0 Å². The molecule has 0 unspecified atom stereocenters. The van der Waals surface area contributed by atoms with Gasteiger partial charge < -0.3 is 14.0 Å². The summed E-state index contributed by atoms with van der Waals surface area (Å²) < 4.78 is 26.8. The Kier molecular flexibility index (Phi) is 8.01. The summed E-state index contributed by atoms with van der Waals surface area (Å²) in [4.78, 5) is 22.8. The summed E-state index contributed by atoms with van der Waals surface area (Å²) in [7, 11) is -3.29. The average Bonchev–Trinajstić information content (AvgIpc) is 2.24. The Bertz CT molecular complexity index is 382. The Morgan fingerprint density at radius 1 is 1.05 bits per heavy atom. The van der Waals surface area contributed by atoms with Crippen LogP contribution in [0.5, 0.6) is 0 Å². The molecule has 0 saturated heterocycles. The van der Waals surface area contributed by atoms with Crippen molar-refractivity contribution in [2.75, 3.05) is 13.3 Å². The predicted molar refractivity (Wildman–Crippen MR) is 74.5 cm³/mol. The monoisotopic (exact) mass is 309 g/mol. The Balaban J connectivity index is 4.27. The summed E-state index contributed by atoms with van der Waals surface area (Å²) >= 11 is 0. The van der Waals surface area contributed by atoms with Crippen LogP contribution >= 0.6 is 7.52 Å². The van der Waals surface area contributed by atoms with Crippen molar-refractivity contribution in [1.82, 2.24) is 5.09 Å². The molecule has 2 atom stereocenters. The second kappa shape index (κ2) is 8.39. The summed E-state index contributed by atoms with van der Waals surface area (Å²) in [6, 6.07) is -0.797. The van der Waals surface area contributed by atoms with Crippen LogP contribution in [0.2, 0.25) is 0 Å². The number of ether oxygens (including phenoxy) is 2. The molecule has 1 N–H and O–H groups in total. The van der Waals surface area contributed by atoms with Gasteiger partial charge in [0, 0.05) is 6.66 Å². The predicted octanol–water partition coefficient (Wildman–Crippen LogP) is 1.71. The number of hydrogen-bond acceptors (Lipinski definition) is 6. The minimum Gasteiger partial charge on any atom is -0.462 e. The van der Waals surface area contributed by atoms with E-state index in [0.717, 1.165) is 0 Å². The van der Waals surface area contributed by atoms with Crippen molar-refractivity contribution in [1.29, 1.82) is 0 Å². The van der Waals surface area contributed by atoms with E-state index in [1.165, 1.54) is 13.6 Å². The molecule has 0 saturated carbocycles. The van der Waals surface area contributed by atoms with Crippen LogP contribution in [0.4, 0.5) is 0 Å². The molecule has 0 heterocycles. The van der Waals surface area contributed by atoms with Crippen LogP contribution in [0.1, 0.15) is 34.6 Å². The maximum atomic E-state index is 12.1. The van der Waals surface area contributed by atoms with Crippen LogP contribution < -0.4 is 5.09 Å². The van der Waals surface area contributed by atoms with Crippen molar-refractivity contribution < 1.29 is 28.2 Å². The van der Waals surface area contributed by atoms with E-state index in [1.807, 2.05) is 0 Å². The number of rotatable bonds is 8. The minimum atomic E-state index is -3.29. The lowest BCUT2D eigenvalue weighted by Crippen LogP contribution is -2.35. The van der Waals surface area contributed by atoms with Crippen LogP contribution in [0, 0.1) is 0 Å². The molecule has 0 aliphatic carbocycles. The molecule has 0 aromatic heterocycles. The Labute approximate surface area is 119 Å². The van der Waals surface area contributed by atoms with Crippen LogP contribution in [0.25, 0.3) is 0 Å². The molecule has 0 amide bonds. The van der Waals surface area contributed by atoms with E-state index < -0.39 is 32.1 Å². The molecule has 0 aliphatic rings. The Morgan fingerprint density at radius 2 is 1.55 bits per heavy atom. The van der Waals surface area contributed by atoms with E-state index in [2.05, 4.69) is 5.09 Å². The van der Waals surface area contributed by atoms with Gasteiger partial charge in [-0.3, -0.25) is 9.36 Å². The zero-order chi connectivity index (χ0) is 15.9. The second-order valence-electron chi connectivity index (χ2n) is 4.99. The first-order valence-electron chi connectivity index (χ1n) is 6.43. The molecular weight excluding hydrogens is 285 g/mol. The van der Waals surface area contributed by atoms with Gasteiger partial charge in [-0.2, -0.15) is 0 Å². The largest absolute Gasteiger partial charge is 0.462 e. The van der Waals surface area contributed by atoms with Gasteiger partial charge in [-0.25, -0.2) is 9.88 Å². The number of carbonyl (C=O) groups excluding carboxylic acids is 2. The number of carbonyl (C=O) groups is 2. The quantitative estimate of drug-likeness (QED) is 0.539. The first kappa shape index (κ1) is 19.1. The van der Waals surface area contributed by atoms with E-state index in [9.17, 15) is 14.2 Å². The fourth-order valence-corrected chi connectivity index (χ4v) is 2.48.